The first kappa shape index (κ1) is 19.7. The lowest BCUT2D eigenvalue weighted by molar-refractivity contribution is 0.0950. The number of nitrogens with one attached hydrogen (secondary N) is 1. The summed E-state index contributed by atoms with van der Waals surface area (Å²) in [7, 11) is 0. The Morgan fingerprint density at radius 2 is 1.70 bits per heavy atom. The molecule has 4 rings (SSSR count). The van der Waals surface area contributed by atoms with E-state index in [1.165, 1.54) is 5.56 Å². The Kier molecular flexibility index (Phi) is 5.80. The molecule has 1 aromatic heterocycles. The highest BCUT2D eigenvalue weighted by atomic mass is 16.5. The summed E-state index contributed by atoms with van der Waals surface area (Å²) in [5.41, 5.74) is 3.40. The average molecular weight is 400 g/mol. The molecule has 0 bridgehead atoms. The molecule has 0 spiro atoms. The van der Waals surface area contributed by atoms with Gasteiger partial charge in [-0.25, -0.2) is 0 Å². The van der Waals surface area contributed by atoms with E-state index >= 15 is 0 Å². The van der Waals surface area contributed by atoms with Gasteiger partial charge in [-0.3, -0.25) is 4.79 Å². The fourth-order valence-electron chi connectivity index (χ4n) is 3.43. The zero-order valence-electron chi connectivity index (χ0n) is 17.1. The van der Waals surface area contributed by atoms with Gasteiger partial charge in [0.2, 0.25) is 0 Å². The third-order valence-corrected chi connectivity index (χ3v) is 5.19. The molecule has 0 fully saturated rings. The molecule has 1 heterocycles. The molecule has 5 nitrogen and oxygen atoms in total. The summed E-state index contributed by atoms with van der Waals surface area (Å²) >= 11 is 0. The summed E-state index contributed by atoms with van der Waals surface area (Å²) in [5, 5.41) is 9.01. The minimum Gasteiger partial charge on any atom is -0.488 e. The third kappa shape index (κ3) is 4.35. The molecule has 0 unspecified atom stereocenters. The molecule has 0 aliphatic carbocycles. The Labute approximate surface area is 175 Å². The molecule has 0 aliphatic heterocycles. The van der Waals surface area contributed by atoms with E-state index < -0.39 is 0 Å². The van der Waals surface area contributed by atoms with Crippen LogP contribution in [0.15, 0.2) is 71.3 Å². The molecule has 4 aromatic rings. The van der Waals surface area contributed by atoms with Crippen LogP contribution in [-0.4, -0.2) is 17.6 Å². The van der Waals surface area contributed by atoms with Crippen LogP contribution >= 0.6 is 0 Å². The molecule has 1 N–H and O–H groups in total. The second kappa shape index (κ2) is 8.82. The van der Waals surface area contributed by atoms with Crippen LogP contribution in [0.5, 0.6) is 5.75 Å². The van der Waals surface area contributed by atoms with E-state index in [-0.39, 0.29) is 5.91 Å². The minimum absolute atomic E-state index is 0.148. The topological polar surface area (TPSA) is 64.4 Å². The summed E-state index contributed by atoms with van der Waals surface area (Å²) in [6.45, 7) is 4.59. The van der Waals surface area contributed by atoms with E-state index in [1.54, 1.807) is 0 Å². The van der Waals surface area contributed by atoms with Crippen molar-refractivity contribution in [3.8, 4) is 5.75 Å². The lowest BCUT2D eigenvalue weighted by Gasteiger charge is -2.13. The maximum Gasteiger partial charge on any atom is 0.255 e. The van der Waals surface area contributed by atoms with E-state index in [4.69, 9.17) is 9.26 Å². The lowest BCUT2D eigenvalue weighted by atomic mass is 10.0. The highest BCUT2D eigenvalue weighted by Gasteiger charge is 2.16. The third-order valence-electron chi connectivity index (χ3n) is 5.19. The van der Waals surface area contributed by atoms with Gasteiger partial charge in [-0.15, -0.1) is 0 Å². The van der Waals surface area contributed by atoms with Crippen molar-refractivity contribution in [1.82, 2.24) is 10.5 Å². The predicted molar refractivity (Wildman–Crippen MR) is 117 cm³/mol. The molecule has 5 heteroatoms. The van der Waals surface area contributed by atoms with Crippen LogP contribution in [0.4, 0.5) is 0 Å². The van der Waals surface area contributed by atoms with E-state index in [0.717, 1.165) is 34.2 Å². The fourth-order valence-corrected chi connectivity index (χ4v) is 3.43. The molecule has 3 aromatic carbocycles. The Hall–Kier alpha value is -3.60. The summed E-state index contributed by atoms with van der Waals surface area (Å²) in [6.07, 6.45) is 0.773. The van der Waals surface area contributed by atoms with Crippen LogP contribution in [-0.2, 0) is 13.0 Å². The van der Waals surface area contributed by atoms with Crippen molar-refractivity contribution in [3.63, 3.8) is 0 Å². The Balaban J connectivity index is 1.55. The van der Waals surface area contributed by atoms with Crippen molar-refractivity contribution in [1.29, 1.82) is 0 Å². The van der Waals surface area contributed by atoms with Crippen LogP contribution in [0.25, 0.3) is 10.8 Å². The lowest BCUT2D eigenvalue weighted by Crippen LogP contribution is -2.26. The number of amides is 1. The van der Waals surface area contributed by atoms with Gasteiger partial charge in [0.05, 0.1) is 16.8 Å². The van der Waals surface area contributed by atoms with Gasteiger partial charge in [0, 0.05) is 6.54 Å². The number of hydrogen-bond donors (Lipinski definition) is 1. The normalized spacial score (nSPS) is 10.9. The van der Waals surface area contributed by atoms with Gasteiger partial charge in [0.25, 0.3) is 5.91 Å². The Morgan fingerprint density at radius 1 is 1.00 bits per heavy atom. The average Bonchev–Trinajstić information content (AvgIpc) is 3.09. The summed E-state index contributed by atoms with van der Waals surface area (Å²) in [6, 6.07) is 21.8. The van der Waals surface area contributed by atoms with E-state index in [1.807, 2.05) is 68.4 Å². The van der Waals surface area contributed by atoms with Crippen LogP contribution in [0, 0.1) is 13.8 Å². The molecule has 30 heavy (non-hydrogen) atoms. The maximum atomic E-state index is 13.0. The zero-order chi connectivity index (χ0) is 20.9. The van der Waals surface area contributed by atoms with Gasteiger partial charge in [-0.05, 0) is 48.7 Å². The van der Waals surface area contributed by atoms with Gasteiger partial charge < -0.3 is 14.6 Å². The second-order valence-electron chi connectivity index (χ2n) is 7.28. The molecule has 0 saturated heterocycles. The smallest absolute Gasteiger partial charge is 0.255 e. The molecule has 1 amide bonds. The van der Waals surface area contributed by atoms with Gasteiger partial charge in [0.15, 0.2) is 0 Å². The largest absolute Gasteiger partial charge is 0.488 e. The molecule has 0 aliphatic rings. The quantitative estimate of drug-likeness (QED) is 0.474. The van der Waals surface area contributed by atoms with E-state index in [9.17, 15) is 4.79 Å². The SMILES string of the molecule is Cc1noc(C)c1COc1cc2ccccc2cc1C(=O)NCCc1ccccc1. The van der Waals surface area contributed by atoms with Crippen molar-refractivity contribution in [2.75, 3.05) is 6.54 Å². The zero-order valence-corrected chi connectivity index (χ0v) is 17.1. The Morgan fingerprint density at radius 3 is 2.40 bits per heavy atom. The summed E-state index contributed by atoms with van der Waals surface area (Å²) in [4.78, 5) is 13.0. The van der Waals surface area contributed by atoms with Gasteiger partial charge in [-0.2, -0.15) is 0 Å². The summed E-state index contributed by atoms with van der Waals surface area (Å²) < 4.78 is 11.3. The van der Waals surface area contributed by atoms with Crippen molar-refractivity contribution < 1.29 is 14.1 Å². The summed E-state index contributed by atoms with van der Waals surface area (Å²) in [5.74, 6) is 1.12. The van der Waals surface area contributed by atoms with Crippen molar-refractivity contribution >= 4 is 16.7 Å². The van der Waals surface area contributed by atoms with Crippen molar-refractivity contribution in [2.24, 2.45) is 0 Å². The number of hydrogen-bond acceptors (Lipinski definition) is 4. The van der Waals surface area contributed by atoms with Crippen LogP contribution in [0.3, 0.4) is 0 Å². The number of rotatable bonds is 7. The number of ether oxygens (including phenoxy) is 1. The van der Waals surface area contributed by atoms with Gasteiger partial charge in [0.1, 0.15) is 18.1 Å². The number of fused-ring (bicyclic) bond motifs is 1. The highest BCUT2D eigenvalue weighted by molar-refractivity contribution is 6.01. The number of aryl methyl sites for hydroxylation is 2. The van der Waals surface area contributed by atoms with E-state index in [0.29, 0.717) is 24.5 Å². The number of benzene rings is 3. The maximum absolute atomic E-state index is 13.0. The van der Waals surface area contributed by atoms with Crippen LogP contribution in [0.1, 0.15) is 32.9 Å². The first-order valence-electron chi connectivity index (χ1n) is 10.0. The second-order valence-corrected chi connectivity index (χ2v) is 7.28. The fraction of sp³-hybridized carbons (Fsp3) is 0.200. The van der Waals surface area contributed by atoms with Crippen molar-refractivity contribution in [2.45, 2.75) is 26.9 Å². The van der Waals surface area contributed by atoms with Crippen LogP contribution < -0.4 is 10.1 Å². The molecule has 152 valence electrons. The van der Waals surface area contributed by atoms with Crippen molar-refractivity contribution in [3.05, 3.63) is 94.9 Å². The molecule has 0 saturated carbocycles. The minimum atomic E-state index is -0.148. The Bertz CT molecular complexity index is 1150. The number of carbonyl (C=O) groups is 1. The molecule has 0 atom stereocenters. The number of aromatic nitrogens is 1. The first-order chi connectivity index (χ1) is 14.6. The number of carbonyl (C=O) groups excluding carboxylic acids is 1. The molecular weight excluding hydrogens is 376 g/mol. The van der Waals surface area contributed by atoms with Gasteiger partial charge in [-0.1, -0.05) is 59.8 Å². The van der Waals surface area contributed by atoms with Gasteiger partial charge >= 0.3 is 0 Å². The highest BCUT2D eigenvalue weighted by Crippen LogP contribution is 2.27. The monoisotopic (exact) mass is 400 g/mol. The van der Waals surface area contributed by atoms with Crippen LogP contribution in [0.2, 0.25) is 0 Å². The standard InChI is InChI=1S/C25H24N2O3/c1-17-23(18(2)30-27-17)16-29-24-15-21-11-7-6-10-20(21)14-22(24)25(28)26-13-12-19-8-4-3-5-9-19/h3-11,14-15H,12-13,16H2,1-2H3,(H,26,28). The van der Waals surface area contributed by atoms with E-state index in [2.05, 4.69) is 22.6 Å². The molecular formula is C25H24N2O3. The predicted octanol–water partition coefficient (Wildman–Crippen LogP) is 5.00. The molecule has 0 radical (unpaired) electrons. The number of nitrogens with zero attached hydrogens (tertiary/aromatic N) is 1. The first-order valence-corrected chi connectivity index (χ1v) is 10.0.